The fourth-order valence-corrected chi connectivity index (χ4v) is 7.33. The first-order valence-corrected chi connectivity index (χ1v) is 14.6. The number of thiophene rings is 1. The van der Waals surface area contributed by atoms with Gasteiger partial charge in [-0.3, -0.25) is 14.2 Å². The summed E-state index contributed by atoms with van der Waals surface area (Å²) in [4.78, 5) is 28.9. The molecule has 0 radical (unpaired) electrons. The van der Waals surface area contributed by atoms with E-state index in [0.717, 1.165) is 46.8 Å². The van der Waals surface area contributed by atoms with Crippen molar-refractivity contribution < 1.29 is 4.79 Å². The molecule has 6 rings (SSSR count). The van der Waals surface area contributed by atoms with E-state index >= 15 is 0 Å². The predicted molar refractivity (Wildman–Crippen MR) is 149 cm³/mol. The third-order valence-electron chi connectivity index (χ3n) is 6.64. The molecule has 6 nitrogen and oxygen atoms in total. The minimum atomic E-state index is 0.0164. The van der Waals surface area contributed by atoms with Gasteiger partial charge in [-0.15, -0.1) is 21.5 Å². The van der Waals surface area contributed by atoms with Gasteiger partial charge in [0.05, 0.1) is 11.1 Å². The minimum Gasteiger partial charge on any atom is -0.293 e. The van der Waals surface area contributed by atoms with Crippen LogP contribution < -0.4 is 5.56 Å². The minimum absolute atomic E-state index is 0.0164. The second kappa shape index (κ2) is 9.95. The maximum absolute atomic E-state index is 13.8. The zero-order chi connectivity index (χ0) is 24.6. The van der Waals surface area contributed by atoms with Crippen molar-refractivity contribution in [3.05, 3.63) is 91.0 Å². The van der Waals surface area contributed by atoms with Gasteiger partial charge in [-0.2, -0.15) is 0 Å². The molecule has 36 heavy (non-hydrogen) atoms. The molecule has 0 fully saturated rings. The van der Waals surface area contributed by atoms with Gasteiger partial charge in [0.1, 0.15) is 4.83 Å². The number of ketones is 1. The highest BCUT2D eigenvalue weighted by atomic mass is 79.9. The number of carbonyl (C=O) groups excluding carboxylic acids is 1. The van der Waals surface area contributed by atoms with E-state index in [1.807, 2.05) is 46.9 Å². The number of aromatic nitrogens is 4. The highest BCUT2D eigenvalue weighted by molar-refractivity contribution is 9.10. The lowest BCUT2D eigenvalue weighted by molar-refractivity contribution is 0.102. The van der Waals surface area contributed by atoms with Gasteiger partial charge in [-0.05, 0) is 55.4 Å². The molecular weight excluding hydrogens is 556 g/mol. The van der Waals surface area contributed by atoms with E-state index in [1.54, 1.807) is 15.9 Å². The van der Waals surface area contributed by atoms with Crippen molar-refractivity contribution >= 4 is 60.8 Å². The Hall–Kier alpha value is -2.75. The first kappa shape index (κ1) is 23.6. The van der Waals surface area contributed by atoms with Gasteiger partial charge in [0.2, 0.25) is 5.78 Å². The van der Waals surface area contributed by atoms with Crippen LogP contribution in [0.15, 0.2) is 69.0 Å². The Morgan fingerprint density at radius 1 is 1.03 bits per heavy atom. The number of fused-ring (bicyclic) bond motifs is 5. The van der Waals surface area contributed by atoms with Crippen molar-refractivity contribution in [1.82, 2.24) is 19.2 Å². The standard InChI is InChI=1S/C27H23BrN4O2S2/c28-19-12-10-18(11-13-19)21(33)16-35-27-30-29-26-31(15-14-17-6-2-1-3-7-17)24(34)23-20-8-4-5-9-22(20)36-25(23)32(26)27/h1-3,6-7,10-13H,4-5,8-9,14-16H2. The zero-order valence-corrected chi connectivity index (χ0v) is 22.7. The van der Waals surface area contributed by atoms with E-state index in [-0.39, 0.29) is 17.1 Å². The number of hydrogen-bond acceptors (Lipinski definition) is 6. The van der Waals surface area contributed by atoms with Crippen molar-refractivity contribution in [3.8, 4) is 0 Å². The number of Topliss-reactive ketones (excluding diaryl/α,β-unsaturated/α-hetero) is 1. The second-order valence-corrected chi connectivity index (χ2v) is 11.9. The Kier molecular flexibility index (Phi) is 6.54. The monoisotopic (exact) mass is 578 g/mol. The molecule has 0 unspecified atom stereocenters. The third-order valence-corrected chi connectivity index (χ3v) is 9.37. The molecule has 1 aliphatic rings. The van der Waals surface area contributed by atoms with E-state index in [1.165, 1.54) is 27.8 Å². The van der Waals surface area contributed by atoms with Crippen LogP contribution >= 0.6 is 39.0 Å². The molecule has 0 N–H and O–H groups in total. The van der Waals surface area contributed by atoms with Gasteiger partial charge < -0.3 is 0 Å². The van der Waals surface area contributed by atoms with Gasteiger partial charge in [-0.25, -0.2) is 4.40 Å². The lowest BCUT2D eigenvalue weighted by atomic mass is 9.97. The lowest BCUT2D eigenvalue weighted by Gasteiger charge is -2.12. The molecule has 0 bridgehead atoms. The first-order chi connectivity index (χ1) is 17.6. The molecule has 1 aliphatic carbocycles. The Labute approximate surface area is 224 Å². The molecule has 0 saturated heterocycles. The van der Waals surface area contributed by atoms with Crippen molar-refractivity contribution in [1.29, 1.82) is 0 Å². The molecule has 5 aromatic rings. The number of nitrogens with zero attached hydrogens (tertiary/aromatic N) is 4. The molecule has 0 amide bonds. The number of thioether (sulfide) groups is 1. The van der Waals surface area contributed by atoms with Crippen LogP contribution in [0, 0.1) is 0 Å². The largest absolute Gasteiger partial charge is 0.293 e. The second-order valence-electron chi connectivity index (χ2n) is 8.92. The van der Waals surface area contributed by atoms with Crippen molar-refractivity contribution in [2.75, 3.05) is 5.75 Å². The summed E-state index contributed by atoms with van der Waals surface area (Å²) in [5.41, 5.74) is 3.04. The molecule has 182 valence electrons. The Morgan fingerprint density at radius 3 is 2.61 bits per heavy atom. The number of hydrogen-bond donors (Lipinski definition) is 0. The Balaban J connectivity index is 1.42. The molecule has 3 aromatic heterocycles. The first-order valence-electron chi connectivity index (χ1n) is 12.0. The van der Waals surface area contributed by atoms with Crippen LogP contribution in [0.2, 0.25) is 0 Å². The zero-order valence-electron chi connectivity index (χ0n) is 19.4. The number of rotatable bonds is 7. The van der Waals surface area contributed by atoms with Crippen LogP contribution in [0.5, 0.6) is 0 Å². The summed E-state index contributed by atoms with van der Waals surface area (Å²) in [6.07, 6.45) is 4.92. The van der Waals surface area contributed by atoms with E-state index in [9.17, 15) is 9.59 Å². The maximum atomic E-state index is 13.8. The number of benzene rings is 2. The fraction of sp³-hybridized carbons (Fsp3) is 0.259. The van der Waals surface area contributed by atoms with E-state index < -0.39 is 0 Å². The van der Waals surface area contributed by atoms with Crippen LogP contribution in [0.1, 0.15) is 39.2 Å². The predicted octanol–water partition coefficient (Wildman–Crippen LogP) is 5.96. The SMILES string of the molecule is O=C(CSc1nnc2n(CCc3ccccc3)c(=O)c3c4c(sc3n12)CCCC4)c1ccc(Br)cc1. The van der Waals surface area contributed by atoms with Gasteiger partial charge in [0, 0.05) is 21.5 Å². The van der Waals surface area contributed by atoms with Gasteiger partial charge in [0.15, 0.2) is 10.9 Å². The molecule has 3 heterocycles. The van der Waals surface area contributed by atoms with E-state index in [0.29, 0.717) is 23.0 Å². The highest BCUT2D eigenvalue weighted by Gasteiger charge is 2.25. The quantitative estimate of drug-likeness (QED) is 0.176. The molecule has 0 saturated carbocycles. The lowest BCUT2D eigenvalue weighted by Crippen LogP contribution is -2.24. The van der Waals surface area contributed by atoms with Crippen molar-refractivity contribution in [3.63, 3.8) is 0 Å². The van der Waals surface area contributed by atoms with E-state index in [2.05, 4.69) is 38.3 Å². The van der Waals surface area contributed by atoms with Crippen LogP contribution in [0.3, 0.4) is 0 Å². The highest BCUT2D eigenvalue weighted by Crippen LogP contribution is 2.36. The average molecular weight is 580 g/mol. The van der Waals surface area contributed by atoms with Crippen molar-refractivity contribution in [2.45, 2.75) is 43.8 Å². The summed E-state index contributed by atoms with van der Waals surface area (Å²) in [7, 11) is 0. The van der Waals surface area contributed by atoms with Crippen LogP contribution in [0.25, 0.3) is 16.0 Å². The van der Waals surface area contributed by atoms with Crippen molar-refractivity contribution in [2.24, 2.45) is 0 Å². The Morgan fingerprint density at radius 2 is 1.81 bits per heavy atom. The van der Waals surface area contributed by atoms with E-state index in [4.69, 9.17) is 0 Å². The molecule has 9 heteroatoms. The summed E-state index contributed by atoms with van der Waals surface area (Å²) in [5, 5.41) is 10.4. The maximum Gasteiger partial charge on any atom is 0.263 e. The molecule has 0 spiro atoms. The van der Waals surface area contributed by atoms with Crippen LogP contribution in [-0.2, 0) is 25.8 Å². The summed E-state index contributed by atoms with van der Waals surface area (Å²) < 4.78 is 4.71. The number of aryl methyl sites for hydroxylation is 4. The summed E-state index contributed by atoms with van der Waals surface area (Å²) in [6, 6.07) is 17.6. The molecule has 0 atom stereocenters. The molecule has 2 aromatic carbocycles. The third kappa shape index (κ3) is 4.33. The summed E-state index contributed by atoms with van der Waals surface area (Å²) in [6.45, 7) is 0.521. The normalized spacial score (nSPS) is 13.4. The smallest absolute Gasteiger partial charge is 0.263 e. The van der Waals surface area contributed by atoms with Crippen LogP contribution in [-0.4, -0.2) is 30.7 Å². The number of carbonyl (C=O) groups is 1. The average Bonchev–Trinajstić information content (AvgIpc) is 3.50. The molecule has 0 aliphatic heterocycles. The molecular formula is C27H23BrN4O2S2. The topological polar surface area (TPSA) is 69.3 Å². The van der Waals surface area contributed by atoms with Gasteiger partial charge >= 0.3 is 0 Å². The summed E-state index contributed by atoms with van der Waals surface area (Å²) in [5.74, 6) is 0.821. The van der Waals surface area contributed by atoms with Gasteiger partial charge in [-0.1, -0.05) is 70.2 Å². The Bertz CT molecular complexity index is 1640. The fourth-order valence-electron chi connectivity index (χ4n) is 4.80. The van der Waals surface area contributed by atoms with Gasteiger partial charge in [0.25, 0.3) is 5.56 Å². The number of halogens is 1. The van der Waals surface area contributed by atoms with Crippen LogP contribution in [0.4, 0.5) is 0 Å². The summed E-state index contributed by atoms with van der Waals surface area (Å²) >= 11 is 6.47.